The molecule has 0 spiro atoms. The minimum Gasteiger partial charge on any atom is -0.465 e. The molecule has 1 fully saturated rings. The summed E-state index contributed by atoms with van der Waals surface area (Å²) in [6.45, 7) is 0. The van der Waals surface area contributed by atoms with E-state index in [0.29, 0.717) is 11.6 Å². The van der Waals surface area contributed by atoms with Crippen LogP contribution in [0.25, 0.3) is 10.7 Å². The van der Waals surface area contributed by atoms with Crippen LogP contribution in [0, 0.1) is 0 Å². The molecular formula is C18H17N3O2S2. The van der Waals surface area contributed by atoms with Gasteiger partial charge < -0.3 is 4.74 Å². The molecule has 0 N–H and O–H groups in total. The molecule has 128 valence electrons. The molecule has 1 aromatic carbocycles. The van der Waals surface area contributed by atoms with Gasteiger partial charge in [-0.2, -0.15) is 0 Å². The molecular weight excluding hydrogens is 354 g/mol. The molecule has 2 aromatic heterocycles. The van der Waals surface area contributed by atoms with Crippen LogP contribution in [0.4, 0.5) is 0 Å². The quantitative estimate of drug-likeness (QED) is 0.474. The highest BCUT2D eigenvalue weighted by Gasteiger charge is 2.30. The van der Waals surface area contributed by atoms with Crippen LogP contribution >= 0.6 is 23.1 Å². The normalized spacial score (nSPS) is 13.8. The molecule has 25 heavy (non-hydrogen) atoms. The molecule has 5 nitrogen and oxygen atoms in total. The van der Waals surface area contributed by atoms with Crippen LogP contribution in [-0.4, -0.2) is 27.8 Å². The van der Waals surface area contributed by atoms with Gasteiger partial charge in [0.05, 0.1) is 17.6 Å². The molecule has 3 aromatic rings. The summed E-state index contributed by atoms with van der Waals surface area (Å²) in [6, 6.07) is 12.2. The minimum absolute atomic E-state index is 0.312. The number of thiophene rings is 1. The van der Waals surface area contributed by atoms with Crippen molar-refractivity contribution >= 4 is 29.1 Å². The van der Waals surface area contributed by atoms with E-state index in [-0.39, 0.29) is 5.97 Å². The van der Waals surface area contributed by atoms with Crippen LogP contribution in [0.1, 0.15) is 34.8 Å². The van der Waals surface area contributed by atoms with Crippen molar-refractivity contribution in [3.8, 4) is 10.7 Å². The number of aromatic nitrogens is 3. The van der Waals surface area contributed by atoms with Crippen molar-refractivity contribution < 1.29 is 9.53 Å². The van der Waals surface area contributed by atoms with Gasteiger partial charge in [-0.05, 0) is 42.0 Å². The Labute approximate surface area is 154 Å². The molecule has 0 amide bonds. The highest BCUT2D eigenvalue weighted by Crippen LogP contribution is 2.42. The van der Waals surface area contributed by atoms with Gasteiger partial charge >= 0.3 is 5.97 Å². The predicted molar refractivity (Wildman–Crippen MR) is 98.9 cm³/mol. The number of thioether (sulfide) groups is 1. The monoisotopic (exact) mass is 371 g/mol. The van der Waals surface area contributed by atoms with E-state index in [1.54, 1.807) is 35.2 Å². The SMILES string of the molecule is COC(=O)c1ccc(CSc2nnc(-c3cccs3)n2C2CC2)cc1. The molecule has 0 unspecified atom stereocenters. The molecule has 0 bridgehead atoms. The molecule has 4 rings (SSSR count). The van der Waals surface area contributed by atoms with E-state index in [2.05, 4.69) is 26.2 Å². The van der Waals surface area contributed by atoms with Gasteiger partial charge in [-0.3, -0.25) is 4.57 Å². The zero-order valence-corrected chi connectivity index (χ0v) is 15.3. The fourth-order valence-corrected chi connectivity index (χ4v) is 4.28. The van der Waals surface area contributed by atoms with E-state index in [1.165, 1.54) is 20.0 Å². The van der Waals surface area contributed by atoms with Crippen LogP contribution in [0.15, 0.2) is 46.9 Å². The van der Waals surface area contributed by atoms with Crippen LogP contribution in [0.3, 0.4) is 0 Å². The van der Waals surface area contributed by atoms with Crippen LogP contribution < -0.4 is 0 Å². The molecule has 7 heteroatoms. The number of nitrogens with zero attached hydrogens (tertiary/aromatic N) is 3. The van der Waals surface area contributed by atoms with Crippen LogP contribution in [0.5, 0.6) is 0 Å². The van der Waals surface area contributed by atoms with Gasteiger partial charge in [0, 0.05) is 11.8 Å². The van der Waals surface area contributed by atoms with Crippen LogP contribution in [-0.2, 0) is 10.5 Å². The lowest BCUT2D eigenvalue weighted by atomic mass is 10.1. The lowest BCUT2D eigenvalue weighted by Crippen LogP contribution is -2.01. The van der Waals surface area contributed by atoms with Crippen molar-refractivity contribution in [3.05, 3.63) is 52.9 Å². The fraction of sp³-hybridized carbons (Fsp3) is 0.278. The average molecular weight is 371 g/mol. The number of benzene rings is 1. The predicted octanol–water partition coefficient (Wildman–Crippen LogP) is 4.42. The number of rotatable bonds is 6. The fourth-order valence-electron chi connectivity index (χ4n) is 2.61. The lowest BCUT2D eigenvalue weighted by molar-refractivity contribution is 0.0600. The van der Waals surface area contributed by atoms with Gasteiger partial charge in [0.25, 0.3) is 0 Å². The number of hydrogen-bond acceptors (Lipinski definition) is 6. The molecule has 1 aliphatic carbocycles. The zero-order valence-electron chi connectivity index (χ0n) is 13.7. The van der Waals surface area contributed by atoms with E-state index in [0.717, 1.165) is 27.2 Å². The molecule has 1 saturated carbocycles. The summed E-state index contributed by atoms with van der Waals surface area (Å²) in [5.74, 6) is 1.45. The van der Waals surface area contributed by atoms with Gasteiger partial charge in [0.15, 0.2) is 11.0 Å². The Bertz CT molecular complexity index is 868. The van der Waals surface area contributed by atoms with E-state index in [1.807, 2.05) is 18.2 Å². The zero-order chi connectivity index (χ0) is 17.2. The maximum atomic E-state index is 11.5. The lowest BCUT2D eigenvalue weighted by Gasteiger charge is -2.08. The molecule has 0 aliphatic heterocycles. The van der Waals surface area contributed by atoms with Crippen molar-refractivity contribution in [2.45, 2.75) is 29.8 Å². The summed E-state index contributed by atoms with van der Waals surface area (Å²) in [5.41, 5.74) is 1.71. The van der Waals surface area contributed by atoms with Gasteiger partial charge in [0.2, 0.25) is 0 Å². The number of esters is 1. The number of hydrogen-bond donors (Lipinski definition) is 0. The van der Waals surface area contributed by atoms with E-state index in [4.69, 9.17) is 4.74 Å². The van der Waals surface area contributed by atoms with Gasteiger partial charge in [-0.1, -0.05) is 30.0 Å². The second-order valence-corrected chi connectivity index (χ2v) is 7.75. The highest BCUT2D eigenvalue weighted by atomic mass is 32.2. The van der Waals surface area contributed by atoms with Crippen molar-refractivity contribution in [1.82, 2.24) is 14.8 Å². The van der Waals surface area contributed by atoms with Crippen LogP contribution in [0.2, 0.25) is 0 Å². The van der Waals surface area contributed by atoms with E-state index >= 15 is 0 Å². The van der Waals surface area contributed by atoms with Gasteiger partial charge in [0.1, 0.15) is 0 Å². The summed E-state index contributed by atoms with van der Waals surface area (Å²) in [4.78, 5) is 12.7. The minimum atomic E-state index is -0.312. The number of ether oxygens (including phenoxy) is 1. The summed E-state index contributed by atoms with van der Waals surface area (Å²) in [5, 5.41) is 11.9. The Morgan fingerprint density at radius 2 is 2.08 bits per heavy atom. The largest absolute Gasteiger partial charge is 0.465 e. The van der Waals surface area contributed by atoms with E-state index in [9.17, 15) is 4.79 Å². The van der Waals surface area contributed by atoms with Crippen molar-refractivity contribution in [1.29, 1.82) is 0 Å². The third kappa shape index (κ3) is 3.48. The first-order chi connectivity index (χ1) is 12.3. The van der Waals surface area contributed by atoms with E-state index < -0.39 is 0 Å². The Morgan fingerprint density at radius 1 is 1.28 bits per heavy atom. The molecule has 1 aliphatic rings. The summed E-state index contributed by atoms with van der Waals surface area (Å²) in [7, 11) is 1.39. The molecule has 0 atom stereocenters. The molecule has 2 heterocycles. The molecule has 0 saturated heterocycles. The summed E-state index contributed by atoms with van der Waals surface area (Å²) >= 11 is 3.38. The summed E-state index contributed by atoms with van der Waals surface area (Å²) in [6.07, 6.45) is 2.38. The average Bonchev–Trinajstić information content (AvgIpc) is 3.18. The van der Waals surface area contributed by atoms with Crippen molar-refractivity contribution in [2.24, 2.45) is 0 Å². The Hall–Kier alpha value is -2.12. The third-order valence-electron chi connectivity index (χ3n) is 4.06. The number of carbonyl (C=O) groups is 1. The first-order valence-electron chi connectivity index (χ1n) is 8.05. The Balaban J connectivity index is 1.51. The molecule has 0 radical (unpaired) electrons. The van der Waals surface area contributed by atoms with Gasteiger partial charge in [-0.25, -0.2) is 4.79 Å². The van der Waals surface area contributed by atoms with Crippen molar-refractivity contribution in [2.75, 3.05) is 7.11 Å². The smallest absolute Gasteiger partial charge is 0.337 e. The van der Waals surface area contributed by atoms with Gasteiger partial charge in [-0.15, -0.1) is 21.5 Å². The maximum absolute atomic E-state index is 11.5. The Kier molecular flexibility index (Phi) is 4.59. The highest BCUT2D eigenvalue weighted by molar-refractivity contribution is 7.98. The summed E-state index contributed by atoms with van der Waals surface area (Å²) < 4.78 is 7.00. The first-order valence-corrected chi connectivity index (χ1v) is 9.91. The number of methoxy groups -OCH3 is 1. The standard InChI is InChI=1S/C18H17N3O2S2/c1-23-17(22)13-6-4-12(5-7-13)11-25-18-20-19-16(15-3-2-10-24-15)21(18)14-8-9-14/h2-7,10,14H,8-9,11H2,1H3. The maximum Gasteiger partial charge on any atom is 0.337 e. The second kappa shape index (κ2) is 7.01. The second-order valence-electron chi connectivity index (χ2n) is 5.86. The Morgan fingerprint density at radius 3 is 2.72 bits per heavy atom. The first kappa shape index (κ1) is 16.4. The number of carbonyl (C=O) groups excluding carboxylic acids is 1. The topological polar surface area (TPSA) is 57.0 Å². The third-order valence-corrected chi connectivity index (χ3v) is 5.94. The van der Waals surface area contributed by atoms with Crippen molar-refractivity contribution in [3.63, 3.8) is 0 Å².